The van der Waals surface area contributed by atoms with E-state index in [1.54, 1.807) is 24.3 Å². The lowest BCUT2D eigenvalue weighted by Gasteiger charge is -2.09. The van der Waals surface area contributed by atoms with Crippen LogP contribution in [0.4, 0.5) is 4.79 Å². The lowest BCUT2D eigenvalue weighted by molar-refractivity contribution is 0.0951. The van der Waals surface area contributed by atoms with Crippen LogP contribution in [0.3, 0.4) is 0 Å². The highest BCUT2D eigenvalue weighted by Crippen LogP contribution is 2.27. The summed E-state index contributed by atoms with van der Waals surface area (Å²) >= 11 is 5.83. The molecule has 1 aliphatic carbocycles. The second kappa shape index (κ2) is 8.72. The number of carbonyl (C=O) groups excluding carboxylic acids is 2. The largest absolute Gasteiger partial charge is 0.348 e. The third-order valence-electron chi connectivity index (χ3n) is 4.25. The molecule has 0 aromatic heterocycles. The molecule has 3 amide bonds. The smallest absolute Gasteiger partial charge is 0.315 e. The van der Waals surface area contributed by atoms with Crippen molar-refractivity contribution in [3.8, 4) is 0 Å². The topological polar surface area (TPSA) is 70.2 Å². The third-order valence-corrected chi connectivity index (χ3v) is 4.50. The molecule has 3 N–H and O–H groups in total. The number of carbonyl (C=O) groups is 2. The Morgan fingerprint density at radius 1 is 0.923 bits per heavy atom. The second-order valence-corrected chi connectivity index (χ2v) is 6.95. The first-order valence-electron chi connectivity index (χ1n) is 8.73. The fraction of sp³-hybridized carbons (Fsp3) is 0.300. The van der Waals surface area contributed by atoms with Crippen molar-refractivity contribution in [1.29, 1.82) is 0 Å². The maximum Gasteiger partial charge on any atom is 0.315 e. The Kier molecular flexibility index (Phi) is 6.12. The van der Waals surface area contributed by atoms with Crippen molar-refractivity contribution in [2.75, 3.05) is 6.54 Å². The first kappa shape index (κ1) is 18.3. The number of hydrogen-bond acceptors (Lipinski definition) is 2. The van der Waals surface area contributed by atoms with Gasteiger partial charge in [0.2, 0.25) is 0 Å². The number of amides is 3. The van der Waals surface area contributed by atoms with Crippen molar-refractivity contribution in [2.45, 2.75) is 25.9 Å². The van der Waals surface area contributed by atoms with E-state index in [0.29, 0.717) is 29.6 Å². The fourth-order valence-corrected chi connectivity index (χ4v) is 2.67. The standard InChI is InChI=1S/C20H22ClN3O2/c21-18-8-6-17(7-9-18)19(25)22-12-15-2-1-3-16(10-15)13-24-20(26)23-11-14-4-5-14/h1-3,6-10,14H,4-5,11-13H2,(H,22,25)(H2,23,24,26). The number of halogens is 1. The minimum absolute atomic E-state index is 0.140. The van der Waals surface area contributed by atoms with Crippen molar-refractivity contribution in [3.63, 3.8) is 0 Å². The molecule has 3 rings (SSSR count). The van der Waals surface area contributed by atoms with Crippen molar-refractivity contribution >= 4 is 23.5 Å². The summed E-state index contributed by atoms with van der Waals surface area (Å²) < 4.78 is 0. The van der Waals surface area contributed by atoms with Gasteiger partial charge >= 0.3 is 6.03 Å². The first-order chi connectivity index (χ1) is 12.6. The highest BCUT2D eigenvalue weighted by atomic mass is 35.5. The molecule has 0 radical (unpaired) electrons. The van der Waals surface area contributed by atoms with Crippen LogP contribution < -0.4 is 16.0 Å². The average molecular weight is 372 g/mol. The van der Waals surface area contributed by atoms with Gasteiger partial charge in [-0.05, 0) is 54.2 Å². The minimum atomic E-state index is -0.148. The van der Waals surface area contributed by atoms with E-state index in [9.17, 15) is 9.59 Å². The summed E-state index contributed by atoms with van der Waals surface area (Å²) in [6.07, 6.45) is 2.42. The van der Waals surface area contributed by atoms with E-state index in [2.05, 4.69) is 16.0 Å². The lowest BCUT2D eigenvalue weighted by Crippen LogP contribution is -2.36. The number of nitrogens with one attached hydrogen (secondary N) is 3. The molecule has 1 aliphatic rings. The number of rotatable bonds is 7. The molecule has 1 saturated carbocycles. The molecule has 1 fully saturated rings. The zero-order valence-corrected chi connectivity index (χ0v) is 15.2. The van der Waals surface area contributed by atoms with Gasteiger partial charge in [-0.2, -0.15) is 0 Å². The maximum absolute atomic E-state index is 12.1. The Morgan fingerprint density at radius 2 is 1.58 bits per heavy atom. The van der Waals surface area contributed by atoms with Gasteiger partial charge in [0.15, 0.2) is 0 Å². The van der Waals surface area contributed by atoms with E-state index in [4.69, 9.17) is 11.6 Å². The predicted octanol–water partition coefficient (Wildman–Crippen LogP) is 3.48. The van der Waals surface area contributed by atoms with Gasteiger partial charge in [0.1, 0.15) is 0 Å². The quantitative estimate of drug-likeness (QED) is 0.697. The maximum atomic E-state index is 12.1. The van der Waals surface area contributed by atoms with Crippen molar-refractivity contribution < 1.29 is 9.59 Å². The monoisotopic (exact) mass is 371 g/mol. The molecule has 26 heavy (non-hydrogen) atoms. The lowest BCUT2D eigenvalue weighted by atomic mass is 10.1. The Bertz CT molecular complexity index is 773. The normalized spacial score (nSPS) is 13.1. The molecular weight excluding hydrogens is 350 g/mol. The van der Waals surface area contributed by atoms with Gasteiger partial charge in [0.05, 0.1) is 0 Å². The summed E-state index contributed by atoms with van der Waals surface area (Å²) in [4.78, 5) is 23.9. The Balaban J connectivity index is 1.46. The van der Waals surface area contributed by atoms with E-state index in [1.165, 1.54) is 12.8 Å². The molecule has 0 bridgehead atoms. The van der Waals surface area contributed by atoms with Gasteiger partial charge in [-0.25, -0.2) is 4.79 Å². The molecule has 0 heterocycles. The summed E-state index contributed by atoms with van der Waals surface area (Å²) in [5.74, 6) is 0.512. The molecule has 2 aromatic rings. The van der Waals surface area contributed by atoms with Gasteiger partial charge in [-0.3, -0.25) is 4.79 Å². The van der Waals surface area contributed by atoms with E-state index < -0.39 is 0 Å². The van der Waals surface area contributed by atoms with Crippen LogP contribution in [-0.2, 0) is 13.1 Å². The molecule has 0 aliphatic heterocycles. The van der Waals surface area contributed by atoms with Gasteiger partial charge in [-0.15, -0.1) is 0 Å². The van der Waals surface area contributed by atoms with Gasteiger partial charge in [-0.1, -0.05) is 35.9 Å². The highest BCUT2D eigenvalue weighted by Gasteiger charge is 2.21. The van der Waals surface area contributed by atoms with Crippen LogP contribution in [-0.4, -0.2) is 18.5 Å². The molecule has 5 nitrogen and oxygen atoms in total. The molecule has 0 spiro atoms. The Hall–Kier alpha value is -2.53. The molecular formula is C20H22ClN3O2. The van der Waals surface area contributed by atoms with Crippen LogP contribution in [0, 0.1) is 5.92 Å². The molecule has 0 saturated heterocycles. The van der Waals surface area contributed by atoms with Crippen LogP contribution in [0.15, 0.2) is 48.5 Å². The van der Waals surface area contributed by atoms with E-state index in [0.717, 1.165) is 17.7 Å². The van der Waals surface area contributed by atoms with Gasteiger partial charge in [0, 0.05) is 30.2 Å². The molecule has 136 valence electrons. The predicted molar refractivity (Wildman–Crippen MR) is 102 cm³/mol. The van der Waals surface area contributed by atoms with Crippen molar-refractivity contribution in [2.24, 2.45) is 5.92 Å². The van der Waals surface area contributed by atoms with Crippen LogP contribution >= 0.6 is 11.6 Å². The van der Waals surface area contributed by atoms with Gasteiger partial charge in [0.25, 0.3) is 5.91 Å². The van der Waals surface area contributed by atoms with E-state index in [1.807, 2.05) is 24.3 Å². The van der Waals surface area contributed by atoms with Crippen LogP contribution in [0.25, 0.3) is 0 Å². The summed E-state index contributed by atoms with van der Waals surface area (Å²) in [6, 6.07) is 14.4. The van der Waals surface area contributed by atoms with E-state index >= 15 is 0 Å². The van der Waals surface area contributed by atoms with Gasteiger partial charge < -0.3 is 16.0 Å². The Morgan fingerprint density at radius 3 is 2.23 bits per heavy atom. The van der Waals surface area contributed by atoms with Crippen LogP contribution in [0.5, 0.6) is 0 Å². The van der Waals surface area contributed by atoms with Crippen LogP contribution in [0.2, 0.25) is 5.02 Å². The second-order valence-electron chi connectivity index (χ2n) is 6.52. The molecule has 2 aromatic carbocycles. The SMILES string of the molecule is O=C(NCc1cccc(CNC(=O)c2ccc(Cl)cc2)c1)NCC1CC1. The van der Waals surface area contributed by atoms with E-state index in [-0.39, 0.29) is 11.9 Å². The van der Waals surface area contributed by atoms with Crippen molar-refractivity contribution in [1.82, 2.24) is 16.0 Å². The summed E-state index contributed by atoms with van der Waals surface area (Å²) in [6.45, 7) is 1.63. The fourth-order valence-electron chi connectivity index (χ4n) is 2.54. The zero-order valence-electron chi connectivity index (χ0n) is 14.4. The number of hydrogen-bond donors (Lipinski definition) is 3. The minimum Gasteiger partial charge on any atom is -0.348 e. The zero-order chi connectivity index (χ0) is 18.4. The summed E-state index contributed by atoms with van der Waals surface area (Å²) in [7, 11) is 0. The number of benzene rings is 2. The van der Waals surface area contributed by atoms with Crippen LogP contribution in [0.1, 0.15) is 34.3 Å². The summed E-state index contributed by atoms with van der Waals surface area (Å²) in [5, 5.41) is 9.22. The molecule has 0 atom stereocenters. The Labute approximate surface area is 158 Å². The average Bonchev–Trinajstić information content (AvgIpc) is 3.48. The number of urea groups is 1. The molecule has 0 unspecified atom stereocenters. The first-order valence-corrected chi connectivity index (χ1v) is 9.11. The highest BCUT2D eigenvalue weighted by molar-refractivity contribution is 6.30. The summed E-state index contributed by atoms with van der Waals surface area (Å²) in [5.41, 5.74) is 2.54. The molecule has 6 heteroatoms. The third kappa shape index (κ3) is 5.77. The van der Waals surface area contributed by atoms with Crippen molar-refractivity contribution in [3.05, 3.63) is 70.2 Å².